The molecule has 0 unspecified atom stereocenters. The Labute approximate surface area is 208 Å². The number of thiazole rings is 1. The van der Waals surface area contributed by atoms with Crippen LogP contribution in [-0.4, -0.2) is 75.4 Å². The average Bonchev–Trinajstić information content (AvgIpc) is 3.63. The molecule has 36 heavy (non-hydrogen) atoms. The molecule has 0 bridgehead atoms. The maximum atomic E-state index is 13.5. The summed E-state index contributed by atoms with van der Waals surface area (Å²) in [6, 6.07) is 5.06. The summed E-state index contributed by atoms with van der Waals surface area (Å²) in [6.45, 7) is 3.50. The van der Waals surface area contributed by atoms with Gasteiger partial charge in [0.2, 0.25) is 5.76 Å². The van der Waals surface area contributed by atoms with Gasteiger partial charge >= 0.3 is 0 Å². The van der Waals surface area contributed by atoms with Crippen molar-refractivity contribution in [3.05, 3.63) is 58.7 Å². The van der Waals surface area contributed by atoms with E-state index >= 15 is 0 Å². The zero-order chi connectivity index (χ0) is 25.2. The highest BCUT2D eigenvalue weighted by atomic mass is 32.1. The van der Waals surface area contributed by atoms with E-state index in [0.717, 1.165) is 29.2 Å². The first-order valence-corrected chi connectivity index (χ1v) is 12.3. The van der Waals surface area contributed by atoms with Crippen molar-refractivity contribution >= 4 is 33.5 Å². The van der Waals surface area contributed by atoms with Crippen molar-refractivity contribution in [1.29, 1.82) is 0 Å². The molecule has 3 aromatic heterocycles. The maximum absolute atomic E-state index is 13.5. The molecule has 6 rings (SSSR count). The van der Waals surface area contributed by atoms with Gasteiger partial charge in [0.05, 0.1) is 34.5 Å². The van der Waals surface area contributed by atoms with Crippen LogP contribution in [0.3, 0.4) is 0 Å². The minimum absolute atomic E-state index is 0.0935. The maximum Gasteiger partial charge on any atom is 0.298 e. The van der Waals surface area contributed by atoms with Gasteiger partial charge in [0.15, 0.2) is 5.69 Å². The molecular weight excluding hydrogens is 495 g/mol. The minimum Gasteiger partial charge on any atom is -0.418 e. The summed E-state index contributed by atoms with van der Waals surface area (Å²) in [5.74, 6) is -1.16. The predicted molar refractivity (Wildman–Crippen MR) is 128 cm³/mol. The molecule has 0 radical (unpaired) electrons. The van der Waals surface area contributed by atoms with Gasteiger partial charge in [-0.05, 0) is 19.2 Å². The molecule has 0 aliphatic carbocycles. The number of alkyl halides is 2. The number of carbonyl (C=O) groups excluding carboxylic acids is 1. The molecule has 4 aromatic rings. The van der Waals surface area contributed by atoms with E-state index in [2.05, 4.69) is 24.8 Å². The SMILES string of the molecule is CN1CCN(c2nc(C(F)F)c(C(=O)N3CCc4nc[nH]c4C3)o2)CC1.Fc1cccc2scnc12. The molecule has 0 spiro atoms. The van der Waals surface area contributed by atoms with E-state index in [9.17, 15) is 18.0 Å². The molecule has 1 saturated heterocycles. The quantitative estimate of drug-likeness (QED) is 0.441. The van der Waals surface area contributed by atoms with Gasteiger partial charge in [-0.25, -0.2) is 23.1 Å². The number of amides is 1. The number of piperazine rings is 1. The molecule has 5 heterocycles. The largest absolute Gasteiger partial charge is 0.418 e. The smallest absolute Gasteiger partial charge is 0.298 e. The Morgan fingerprint density at radius 3 is 2.72 bits per heavy atom. The third-order valence-corrected chi connectivity index (χ3v) is 6.98. The lowest BCUT2D eigenvalue weighted by Crippen LogP contribution is -2.44. The van der Waals surface area contributed by atoms with Gasteiger partial charge in [-0.15, -0.1) is 11.3 Å². The fraction of sp³-hybridized carbons (Fsp3) is 0.391. The summed E-state index contributed by atoms with van der Waals surface area (Å²) >= 11 is 1.45. The fourth-order valence-electron chi connectivity index (χ4n) is 4.14. The molecule has 1 aromatic carbocycles. The first-order valence-electron chi connectivity index (χ1n) is 11.4. The second-order valence-corrected chi connectivity index (χ2v) is 9.43. The van der Waals surface area contributed by atoms with Gasteiger partial charge in [-0.3, -0.25) is 4.79 Å². The van der Waals surface area contributed by atoms with Gasteiger partial charge < -0.3 is 24.1 Å². The Morgan fingerprint density at radius 1 is 1.17 bits per heavy atom. The van der Waals surface area contributed by atoms with Gasteiger partial charge in [0.1, 0.15) is 11.3 Å². The summed E-state index contributed by atoms with van der Waals surface area (Å²) < 4.78 is 46.1. The Hall–Kier alpha value is -3.45. The first kappa shape index (κ1) is 24.3. The number of hydrogen-bond acceptors (Lipinski definition) is 8. The lowest BCUT2D eigenvalue weighted by molar-refractivity contribution is 0.0684. The van der Waals surface area contributed by atoms with Crippen LogP contribution in [0.4, 0.5) is 19.2 Å². The number of anilines is 1. The van der Waals surface area contributed by atoms with Crippen LogP contribution in [0, 0.1) is 5.82 Å². The molecule has 1 N–H and O–H groups in total. The van der Waals surface area contributed by atoms with Crippen LogP contribution in [-0.2, 0) is 13.0 Å². The number of rotatable bonds is 3. The van der Waals surface area contributed by atoms with E-state index in [1.54, 1.807) is 22.8 Å². The van der Waals surface area contributed by atoms with E-state index < -0.39 is 18.0 Å². The highest BCUT2D eigenvalue weighted by Crippen LogP contribution is 2.30. The van der Waals surface area contributed by atoms with Gasteiger partial charge in [0.25, 0.3) is 18.3 Å². The van der Waals surface area contributed by atoms with Crippen LogP contribution >= 0.6 is 11.3 Å². The number of carbonyl (C=O) groups is 1. The second kappa shape index (κ2) is 10.3. The Kier molecular flexibility index (Phi) is 6.92. The number of imidazole rings is 1. The number of halogens is 3. The number of nitrogens with one attached hydrogen (secondary N) is 1. The number of aromatic amines is 1. The summed E-state index contributed by atoms with van der Waals surface area (Å²) in [7, 11) is 1.99. The van der Waals surface area contributed by atoms with Crippen molar-refractivity contribution in [2.75, 3.05) is 44.7 Å². The van der Waals surface area contributed by atoms with E-state index in [1.807, 2.05) is 13.1 Å². The molecule has 9 nitrogen and oxygen atoms in total. The molecule has 0 saturated carbocycles. The van der Waals surface area contributed by atoms with Crippen molar-refractivity contribution < 1.29 is 22.4 Å². The molecule has 13 heteroatoms. The van der Waals surface area contributed by atoms with Crippen molar-refractivity contribution in [1.82, 2.24) is 29.7 Å². The van der Waals surface area contributed by atoms with Crippen molar-refractivity contribution in [2.24, 2.45) is 0 Å². The first-order chi connectivity index (χ1) is 17.4. The van der Waals surface area contributed by atoms with Crippen LogP contribution < -0.4 is 4.90 Å². The van der Waals surface area contributed by atoms with E-state index in [-0.39, 0.29) is 17.6 Å². The number of H-pyrrole nitrogens is 1. The summed E-state index contributed by atoms with van der Waals surface area (Å²) in [6.07, 6.45) is -0.719. The monoisotopic (exact) mass is 519 g/mol. The number of fused-ring (bicyclic) bond motifs is 2. The summed E-state index contributed by atoms with van der Waals surface area (Å²) in [5, 5.41) is 0. The normalized spacial score (nSPS) is 16.2. The van der Waals surface area contributed by atoms with Crippen LogP contribution in [0.5, 0.6) is 0 Å². The Bertz CT molecular complexity index is 1350. The molecule has 2 aliphatic rings. The van der Waals surface area contributed by atoms with Crippen LogP contribution in [0.1, 0.15) is 34.1 Å². The number of likely N-dealkylation sites (N-methyl/N-ethyl adjacent to an activating group) is 1. The molecule has 1 fully saturated rings. The van der Waals surface area contributed by atoms with Crippen molar-refractivity contribution in [3.8, 4) is 0 Å². The number of oxazole rings is 1. The molecule has 190 valence electrons. The third-order valence-electron chi connectivity index (χ3n) is 6.19. The minimum atomic E-state index is -2.87. The number of nitrogens with zero attached hydrogens (tertiary/aromatic N) is 6. The fourth-order valence-corrected chi connectivity index (χ4v) is 4.83. The molecule has 1 amide bonds. The zero-order valence-corrected chi connectivity index (χ0v) is 20.3. The number of benzene rings is 1. The van der Waals surface area contributed by atoms with Crippen molar-refractivity contribution in [2.45, 2.75) is 19.4 Å². The molecule has 0 atom stereocenters. The van der Waals surface area contributed by atoms with E-state index in [4.69, 9.17) is 4.42 Å². The van der Waals surface area contributed by atoms with Crippen molar-refractivity contribution in [3.63, 3.8) is 0 Å². The summed E-state index contributed by atoms with van der Waals surface area (Å²) in [5.41, 5.74) is 3.26. The standard InChI is InChI=1S/C16H20F2N6O2.C7H4FNS/c1-22-4-6-23(7-5-22)16-21-12(14(17)18)13(26-16)15(25)24-3-2-10-11(8-24)20-9-19-10;8-5-2-1-3-6-7(5)9-4-10-6/h9,14H,2-8H2,1H3,(H,19,20);1-4H. The van der Waals surface area contributed by atoms with E-state index in [0.29, 0.717) is 38.1 Å². The highest BCUT2D eigenvalue weighted by Gasteiger charge is 2.33. The van der Waals surface area contributed by atoms with E-state index in [1.165, 1.54) is 22.3 Å². The molecular formula is C23H24F3N7O2S. The zero-order valence-electron chi connectivity index (χ0n) is 19.5. The lowest BCUT2D eigenvalue weighted by atomic mass is 10.1. The molecule has 2 aliphatic heterocycles. The van der Waals surface area contributed by atoms with Gasteiger partial charge in [-0.2, -0.15) is 4.98 Å². The predicted octanol–water partition coefficient (Wildman–Crippen LogP) is 3.72. The third kappa shape index (κ3) is 4.93. The summed E-state index contributed by atoms with van der Waals surface area (Å²) in [4.78, 5) is 33.2. The lowest BCUT2D eigenvalue weighted by Gasteiger charge is -2.31. The van der Waals surface area contributed by atoms with Crippen LogP contribution in [0.15, 0.2) is 34.5 Å². The van der Waals surface area contributed by atoms with Crippen LogP contribution in [0.25, 0.3) is 10.2 Å². The number of hydrogen-bond donors (Lipinski definition) is 1. The number of para-hydroxylation sites is 1. The second-order valence-electron chi connectivity index (χ2n) is 8.55. The Balaban J connectivity index is 0.000000222. The topological polar surface area (TPSA) is 94.4 Å². The van der Waals surface area contributed by atoms with Gasteiger partial charge in [-0.1, -0.05) is 6.07 Å². The number of aromatic nitrogens is 4. The van der Waals surface area contributed by atoms with Gasteiger partial charge in [0, 0.05) is 39.1 Å². The average molecular weight is 520 g/mol. The van der Waals surface area contributed by atoms with Crippen LogP contribution in [0.2, 0.25) is 0 Å². The highest BCUT2D eigenvalue weighted by molar-refractivity contribution is 7.16. The Morgan fingerprint density at radius 2 is 1.97 bits per heavy atom.